The predicted molar refractivity (Wildman–Crippen MR) is 146 cm³/mol. The van der Waals surface area contributed by atoms with E-state index in [4.69, 9.17) is 11.6 Å². The average molecular weight is 546 g/mol. The van der Waals surface area contributed by atoms with Crippen LogP contribution in [0.5, 0.6) is 0 Å². The van der Waals surface area contributed by atoms with Crippen LogP contribution in [-0.2, 0) is 9.59 Å². The van der Waals surface area contributed by atoms with E-state index < -0.39 is 17.6 Å². The van der Waals surface area contributed by atoms with Gasteiger partial charge >= 0.3 is 0 Å². The quantitative estimate of drug-likeness (QED) is 0.499. The Morgan fingerprint density at radius 1 is 1.03 bits per heavy atom. The van der Waals surface area contributed by atoms with Gasteiger partial charge in [-0.1, -0.05) is 23.7 Å². The highest BCUT2D eigenvalue weighted by molar-refractivity contribution is 6.30. The van der Waals surface area contributed by atoms with Crippen molar-refractivity contribution >= 4 is 23.4 Å². The van der Waals surface area contributed by atoms with E-state index in [1.807, 2.05) is 30.0 Å². The standard InChI is InChI=1S/C30H38ClF2N3O2/c1-18(34-19(2)37)25-14-21(31)6-8-23(25)20-10-12-35(13-11-20)29(38)27-17-36(30(3,4)5)16-26(27)24-9-7-22(32)15-28(24)33/h6-9,14-15,18,20,26-27H,10-13,16-17H2,1-5H3,(H,34,37)/t18-,26?,27?/m0/s1. The fraction of sp³-hybridized carbons (Fsp3) is 0.533. The predicted octanol–water partition coefficient (Wildman–Crippen LogP) is 6.04. The lowest BCUT2D eigenvalue weighted by atomic mass is 9.83. The number of halogens is 3. The average Bonchev–Trinajstić information content (AvgIpc) is 3.29. The van der Waals surface area contributed by atoms with Crippen LogP contribution in [0.3, 0.4) is 0 Å². The Hall–Kier alpha value is -2.51. The van der Waals surface area contributed by atoms with Crippen molar-refractivity contribution in [2.24, 2.45) is 5.92 Å². The van der Waals surface area contributed by atoms with Crippen LogP contribution in [0.15, 0.2) is 36.4 Å². The maximum Gasteiger partial charge on any atom is 0.227 e. The molecule has 2 amide bonds. The van der Waals surface area contributed by atoms with Gasteiger partial charge in [-0.2, -0.15) is 0 Å². The molecule has 2 aromatic rings. The number of nitrogens with zero attached hydrogens (tertiary/aromatic N) is 2. The van der Waals surface area contributed by atoms with Crippen molar-refractivity contribution < 1.29 is 18.4 Å². The van der Waals surface area contributed by atoms with E-state index in [9.17, 15) is 18.4 Å². The number of hydrogen-bond acceptors (Lipinski definition) is 3. The second-order valence-electron chi connectivity index (χ2n) is 11.7. The van der Waals surface area contributed by atoms with Gasteiger partial charge in [0, 0.05) is 55.6 Å². The Kier molecular flexibility index (Phi) is 8.48. The number of likely N-dealkylation sites (tertiary alicyclic amines) is 2. The van der Waals surface area contributed by atoms with Gasteiger partial charge in [-0.3, -0.25) is 14.5 Å². The number of carbonyl (C=O) groups is 2. The second-order valence-corrected chi connectivity index (χ2v) is 12.2. The Morgan fingerprint density at radius 3 is 2.29 bits per heavy atom. The van der Waals surface area contributed by atoms with Crippen molar-refractivity contribution in [1.29, 1.82) is 0 Å². The minimum atomic E-state index is -0.615. The largest absolute Gasteiger partial charge is 0.350 e. The van der Waals surface area contributed by atoms with Crippen molar-refractivity contribution in [3.63, 3.8) is 0 Å². The highest BCUT2D eigenvalue weighted by Gasteiger charge is 2.44. The molecular weight excluding hydrogens is 508 g/mol. The molecule has 2 aliphatic heterocycles. The van der Waals surface area contributed by atoms with Gasteiger partial charge in [0.1, 0.15) is 11.6 Å². The first-order valence-corrected chi connectivity index (χ1v) is 13.8. The maximum atomic E-state index is 14.8. The number of piperidine rings is 1. The van der Waals surface area contributed by atoms with Crippen molar-refractivity contribution in [2.75, 3.05) is 26.2 Å². The van der Waals surface area contributed by atoms with Crippen molar-refractivity contribution in [2.45, 2.75) is 70.9 Å². The third-order valence-electron chi connectivity index (χ3n) is 8.13. The zero-order chi connectivity index (χ0) is 27.8. The number of hydrogen-bond donors (Lipinski definition) is 1. The molecule has 5 nitrogen and oxygen atoms in total. The highest BCUT2D eigenvalue weighted by Crippen LogP contribution is 2.40. The number of rotatable bonds is 5. The van der Waals surface area contributed by atoms with Gasteiger partial charge in [0.05, 0.1) is 12.0 Å². The highest BCUT2D eigenvalue weighted by atomic mass is 35.5. The molecule has 0 spiro atoms. The molecule has 1 N–H and O–H groups in total. The summed E-state index contributed by atoms with van der Waals surface area (Å²) in [5, 5.41) is 3.58. The van der Waals surface area contributed by atoms with Crippen LogP contribution in [0.4, 0.5) is 8.78 Å². The molecule has 2 heterocycles. The molecule has 2 unspecified atom stereocenters. The Labute approximate surface area is 229 Å². The summed E-state index contributed by atoms with van der Waals surface area (Å²) >= 11 is 6.28. The summed E-state index contributed by atoms with van der Waals surface area (Å²) in [6, 6.07) is 9.32. The van der Waals surface area contributed by atoms with Crippen LogP contribution in [0, 0.1) is 17.6 Å². The van der Waals surface area contributed by atoms with Crippen LogP contribution < -0.4 is 5.32 Å². The van der Waals surface area contributed by atoms with E-state index in [1.54, 1.807) is 0 Å². The van der Waals surface area contributed by atoms with Gasteiger partial charge in [0.2, 0.25) is 11.8 Å². The first kappa shape index (κ1) is 28.5. The van der Waals surface area contributed by atoms with Crippen LogP contribution in [-0.4, -0.2) is 53.3 Å². The molecule has 0 bridgehead atoms. The van der Waals surface area contributed by atoms with E-state index in [0.717, 1.165) is 30.0 Å². The van der Waals surface area contributed by atoms with Gasteiger partial charge < -0.3 is 10.2 Å². The Morgan fingerprint density at radius 2 is 1.68 bits per heavy atom. The number of amides is 2. The molecule has 0 aromatic heterocycles. The fourth-order valence-electron chi connectivity index (χ4n) is 6.04. The lowest BCUT2D eigenvalue weighted by molar-refractivity contribution is -0.136. The minimum Gasteiger partial charge on any atom is -0.350 e. The molecule has 2 aromatic carbocycles. The van der Waals surface area contributed by atoms with Gasteiger partial charge in [-0.05, 0) is 81.3 Å². The SMILES string of the molecule is CC(=O)N[C@@H](C)c1cc(Cl)ccc1C1CCN(C(=O)C2CN(C(C)(C)C)CC2c2ccc(F)cc2F)CC1. The smallest absolute Gasteiger partial charge is 0.227 e. The van der Waals surface area contributed by atoms with Crippen molar-refractivity contribution in [3.05, 3.63) is 69.7 Å². The van der Waals surface area contributed by atoms with E-state index in [1.165, 1.54) is 19.1 Å². The first-order valence-electron chi connectivity index (χ1n) is 13.4. The van der Waals surface area contributed by atoms with Gasteiger partial charge in [-0.15, -0.1) is 0 Å². The molecule has 8 heteroatoms. The molecule has 0 radical (unpaired) electrons. The summed E-state index contributed by atoms with van der Waals surface area (Å²) in [5.74, 6) is -1.76. The van der Waals surface area contributed by atoms with Gasteiger partial charge in [-0.25, -0.2) is 8.78 Å². The lowest BCUT2D eigenvalue weighted by Crippen LogP contribution is -2.44. The molecule has 2 saturated heterocycles. The molecular formula is C30H38ClF2N3O2. The summed E-state index contributed by atoms with van der Waals surface area (Å²) in [6.45, 7) is 12.0. The monoisotopic (exact) mass is 545 g/mol. The van der Waals surface area contributed by atoms with Crippen molar-refractivity contribution in [3.8, 4) is 0 Å². The molecule has 206 valence electrons. The summed E-state index contributed by atoms with van der Waals surface area (Å²) in [5.41, 5.74) is 2.38. The normalized spacial score (nSPS) is 21.9. The second kappa shape index (κ2) is 11.3. The van der Waals surface area contributed by atoms with Crippen LogP contribution in [0.25, 0.3) is 0 Å². The zero-order valence-electron chi connectivity index (χ0n) is 22.9. The summed E-state index contributed by atoms with van der Waals surface area (Å²) in [7, 11) is 0. The Bertz CT molecular complexity index is 1190. The molecule has 38 heavy (non-hydrogen) atoms. The molecule has 2 aliphatic rings. The van der Waals surface area contributed by atoms with Crippen LogP contribution in [0.2, 0.25) is 5.02 Å². The van der Waals surface area contributed by atoms with Crippen molar-refractivity contribution in [1.82, 2.24) is 15.1 Å². The number of benzene rings is 2. The number of carbonyl (C=O) groups excluding carboxylic acids is 2. The zero-order valence-corrected chi connectivity index (χ0v) is 23.6. The van der Waals surface area contributed by atoms with Gasteiger partial charge in [0.15, 0.2) is 0 Å². The molecule has 3 atom stereocenters. The molecule has 0 aliphatic carbocycles. The topological polar surface area (TPSA) is 52.7 Å². The third kappa shape index (κ3) is 6.20. The molecule has 2 fully saturated rings. The lowest BCUT2D eigenvalue weighted by Gasteiger charge is -2.36. The molecule has 0 saturated carbocycles. The van der Waals surface area contributed by atoms with E-state index in [2.05, 4.69) is 31.0 Å². The van der Waals surface area contributed by atoms with E-state index >= 15 is 0 Å². The maximum absolute atomic E-state index is 14.8. The van der Waals surface area contributed by atoms with E-state index in [0.29, 0.717) is 36.8 Å². The van der Waals surface area contributed by atoms with E-state index in [-0.39, 0.29) is 35.2 Å². The number of nitrogens with one attached hydrogen (secondary N) is 1. The van der Waals surface area contributed by atoms with Crippen LogP contribution >= 0.6 is 11.6 Å². The summed E-state index contributed by atoms with van der Waals surface area (Å²) in [6.07, 6.45) is 1.58. The third-order valence-corrected chi connectivity index (χ3v) is 8.36. The first-order chi connectivity index (χ1) is 17.8. The van der Waals surface area contributed by atoms with Gasteiger partial charge in [0.25, 0.3) is 0 Å². The fourth-order valence-corrected chi connectivity index (χ4v) is 6.22. The Balaban J connectivity index is 1.51. The summed E-state index contributed by atoms with van der Waals surface area (Å²) < 4.78 is 28.5. The minimum absolute atomic E-state index is 0.0341. The summed E-state index contributed by atoms with van der Waals surface area (Å²) in [4.78, 5) is 29.7. The van der Waals surface area contributed by atoms with Crippen LogP contribution in [0.1, 0.15) is 82.0 Å². The molecule has 4 rings (SSSR count).